The van der Waals surface area contributed by atoms with Crippen LogP contribution in [0.5, 0.6) is 0 Å². The molecule has 2 aromatic rings. The van der Waals surface area contributed by atoms with Gasteiger partial charge in [0.2, 0.25) is 0 Å². The zero-order chi connectivity index (χ0) is 14.3. The summed E-state index contributed by atoms with van der Waals surface area (Å²) >= 11 is 0. The van der Waals surface area contributed by atoms with Crippen LogP contribution in [0.2, 0.25) is 0 Å². The molecule has 0 saturated heterocycles. The molecule has 0 heterocycles. The van der Waals surface area contributed by atoms with Crippen LogP contribution in [0, 0.1) is 0 Å². The summed E-state index contributed by atoms with van der Waals surface area (Å²) in [5.41, 5.74) is 7.30. The molecule has 0 aromatic heterocycles. The maximum atomic E-state index is 11.6. The molecule has 0 unspecified atom stereocenters. The molecule has 1 aliphatic carbocycles. The van der Waals surface area contributed by atoms with E-state index < -0.39 is 0 Å². The first-order chi connectivity index (χ1) is 9.63. The van der Waals surface area contributed by atoms with Crippen LogP contribution in [0.1, 0.15) is 43.1 Å². The van der Waals surface area contributed by atoms with E-state index >= 15 is 0 Å². The van der Waals surface area contributed by atoms with Gasteiger partial charge in [0.05, 0.1) is 0 Å². The highest BCUT2D eigenvalue weighted by atomic mass is 16.1. The van der Waals surface area contributed by atoms with Gasteiger partial charge in [-0.1, -0.05) is 42.0 Å². The van der Waals surface area contributed by atoms with E-state index in [0.717, 1.165) is 34.6 Å². The molecule has 0 amide bonds. The van der Waals surface area contributed by atoms with Crippen LogP contribution in [0.15, 0.2) is 53.1 Å². The fourth-order valence-electron chi connectivity index (χ4n) is 3.06. The van der Waals surface area contributed by atoms with Gasteiger partial charge >= 0.3 is 0 Å². The van der Waals surface area contributed by atoms with Crippen LogP contribution >= 0.6 is 0 Å². The number of aldehydes is 1. The van der Waals surface area contributed by atoms with Crippen molar-refractivity contribution in [3.05, 3.63) is 64.2 Å². The molecule has 1 nitrogen and oxygen atoms in total. The number of fused-ring (bicyclic) bond motifs is 1. The average molecular weight is 262 g/mol. The van der Waals surface area contributed by atoms with Crippen LogP contribution < -0.4 is 0 Å². The van der Waals surface area contributed by atoms with E-state index in [0.29, 0.717) is 0 Å². The molecule has 0 spiro atoms. The standard InChI is InChI=1S/C19H18O/c1-12-10-18(14(3)13(12)2)17-9-8-15-6-4-5-7-16(15)19(17)11-20/h4-9,11H,10H2,1-3H3. The number of hydrogen-bond donors (Lipinski definition) is 0. The summed E-state index contributed by atoms with van der Waals surface area (Å²) in [5.74, 6) is 0. The summed E-state index contributed by atoms with van der Waals surface area (Å²) in [6, 6.07) is 12.3. The molecule has 0 aliphatic heterocycles. The Hall–Kier alpha value is -2.15. The molecule has 1 heteroatoms. The highest BCUT2D eigenvalue weighted by Crippen LogP contribution is 2.39. The number of rotatable bonds is 2. The Bertz CT molecular complexity index is 775. The average Bonchev–Trinajstić information content (AvgIpc) is 2.73. The third kappa shape index (κ3) is 1.82. The third-order valence-electron chi connectivity index (χ3n) is 4.51. The van der Waals surface area contributed by atoms with E-state index in [2.05, 4.69) is 39.0 Å². The fourth-order valence-corrected chi connectivity index (χ4v) is 3.06. The Morgan fingerprint density at radius 1 is 0.950 bits per heavy atom. The molecular formula is C19H18O. The SMILES string of the molecule is CC1=C(C)C(C)=C(c2ccc3ccccc3c2C=O)C1. The lowest BCUT2D eigenvalue weighted by molar-refractivity contribution is 0.112. The number of carbonyl (C=O) groups excluding carboxylic acids is 1. The van der Waals surface area contributed by atoms with E-state index in [-0.39, 0.29) is 0 Å². The summed E-state index contributed by atoms with van der Waals surface area (Å²) < 4.78 is 0. The largest absolute Gasteiger partial charge is 0.298 e. The van der Waals surface area contributed by atoms with Crippen LogP contribution in [-0.2, 0) is 0 Å². The first kappa shape index (κ1) is 12.9. The highest BCUT2D eigenvalue weighted by Gasteiger charge is 2.20. The van der Waals surface area contributed by atoms with Crippen molar-refractivity contribution in [3.8, 4) is 0 Å². The van der Waals surface area contributed by atoms with E-state index in [4.69, 9.17) is 0 Å². The molecule has 1 aliphatic rings. The van der Waals surface area contributed by atoms with Gasteiger partial charge in [-0.3, -0.25) is 4.79 Å². The Balaban J connectivity index is 2.27. The van der Waals surface area contributed by atoms with Crippen molar-refractivity contribution in [3.63, 3.8) is 0 Å². The quantitative estimate of drug-likeness (QED) is 0.683. The highest BCUT2D eigenvalue weighted by molar-refractivity contribution is 6.03. The summed E-state index contributed by atoms with van der Waals surface area (Å²) in [4.78, 5) is 11.6. The molecular weight excluding hydrogens is 244 g/mol. The van der Waals surface area contributed by atoms with E-state index in [1.165, 1.54) is 22.3 Å². The van der Waals surface area contributed by atoms with Crippen LogP contribution in [-0.4, -0.2) is 6.29 Å². The predicted molar refractivity (Wildman–Crippen MR) is 84.9 cm³/mol. The van der Waals surface area contributed by atoms with Gasteiger partial charge in [-0.15, -0.1) is 0 Å². The molecule has 0 fully saturated rings. The molecule has 3 rings (SSSR count). The van der Waals surface area contributed by atoms with Crippen molar-refractivity contribution in [2.24, 2.45) is 0 Å². The second-order valence-corrected chi connectivity index (χ2v) is 5.55. The first-order valence-electron chi connectivity index (χ1n) is 6.97. The number of allylic oxidation sites excluding steroid dienone is 4. The van der Waals surface area contributed by atoms with Gasteiger partial charge in [0, 0.05) is 5.56 Å². The topological polar surface area (TPSA) is 17.1 Å². The smallest absolute Gasteiger partial charge is 0.151 e. The van der Waals surface area contributed by atoms with Crippen LogP contribution in [0.25, 0.3) is 16.3 Å². The second-order valence-electron chi connectivity index (χ2n) is 5.55. The lowest BCUT2D eigenvalue weighted by Crippen LogP contribution is -1.94. The minimum atomic E-state index is 0.819. The van der Waals surface area contributed by atoms with Crippen molar-refractivity contribution in [2.75, 3.05) is 0 Å². The van der Waals surface area contributed by atoms with Gasteiger partial charge in [-0.05, 0) is 60.2 Å². The van der Waals surface area contributed by atoms with E-state index in [1.807, 2.05) is 18.2 Å². The van der Waals surface area contributed by atoms with Crippen molar-refractivity contribution in [1.29, 1.82) is 0 Å². The van der Waals surface area contributed by atoms with Gasteiger partial charge in [0.1, 0.15) is 0 Å². The lowest BCUT2D eigenvalue weighted by Gasteiger charge is -2.11. The Morgan fingerprint density at radius 2 is 1.70 bits per heavy atom. The van der Waals surface area contributed by atoms with E-state index in [9.17, 15) is 4.79 Å². The maximum Gasteiger partial charge on any atom is 0.151 e. The molecule has 0 bridgehead atoms. The van der Waals surface area contributed by atoms with Crippen molar-refractivity contribution in [2.45, 2.75) is 27.2 Å². The molecule has 0 atom stereocenters. The van der Waals surface area contributed by atoms with Gasteiger partial charge in [-0.2, -0.15) is 0 Å². The minimum Gasteiger partial charge on any atom is -0.298 e. The summed E-state index contributed by atoms with van der Waals surface area (Å²) in [6.07, 6.45) is 1.96. The normalized spacial score (nSPS) is 15.3. The maximum absolute atomic E-state index is 11.6. The van der Waals surface area contributed by atoms with Gasteiger partial charge in [-0.25, -0.2) is 0 Å². The predicted octanol–water partition coefficient (Wildman–Crippen LogP) is 5.17. The van der Waals surface area contributed by atoms with Gasteiger partial charge in [0.25, 0.3) is 0 Å². The Kier molecular flexibility index (Phi) is 3.06. The molecule has 20 heavy (non-hydrogen) atoms. The van der Waals surface area contributed by atoms with Crippen molar-refractivity contribution in [1.82, 2.24) is 0 Å². The van der Waals surface area contributed by atoms with Crippen molar-refractivity contribution >= 4 is 22.6 Å². The van der Waals surface area contributed by atoms with Crippen LogP contribution in [0.4, 0.5) is 0 Å². The molecule has 0 N–H and O–H groups in total. The number of benzene rings is 2. The van der Waals surface area contributed by atoms with Gasteiger partial charge < -0.3 is 0 Å². The Morgan fingerprint density at radius 3 is 2.35 bits per heavy atom. The summed E-state index contributed by atoms with van der Waals surface area (Å²) in [6.45, 7) is 6.50. The molecule has 2 aromatic carbocycles. The minimum absolute atomic E-state index is 0.819. The van der Waals surface area contributed by atoms with Gasteiger partial charge in [0.15, 0.2) is 6.29 Å². The summed E-state index contributed by atoms with van der Waals surface area (Å²) in [7, 11) is 0. The number of hydrogen-bond acceptors (Lipinski definition) is 1. The first-order valence-corrected chi connectivity index (χ1v) is 6.97. The monoisotopic (exact) mass is 262 g/mol. The molecule has 0 radical (unpaired) electrons. The zero-order valence-corrected chi connectivity index (χ0v) is 12.2. The second kappa shape index (κ2) is 4.75. The summed E-state index contributed by atoms with van der Waals surface area (Å²) in [5, 5.41) is 2.17. The third-order valence-corrected chi connectivity index (χ3v) is 4.51. The molecule has 100 valence electrons. The molecule has 0 saturated carbocycles. The van der Waals surface area contributed by atoms with Crippen molar-refractivity contribution < 1.29 is 4.79 Å². The number of carbonyl (C=O) groups is 1. The lowest BCUT2D eigenvalue weighted by atomic mass is 9.92. The zero-order valence-electron chi connectivity index (χ0n) is 12.2. The van der Waals surface area contributed by atoms with Crippen LogP contribution in [0.3, 0.4) is 0 Å². The Labute approximate surface area is 119 Å². The van der Waals surface area contributed by atoms with E-state index in [1.54, 1.807) is 0 Å². The fraction of sp³-hybridized carbons (Fsp3) is 0.211.